The molecule has 0 aromatic rings. The van der Waals surface area contributed by atoms with Crippen molar-refractivity contribution in [2.45, 2.75) is 99.5 Å². The lowest BCUT2D eigenvalue weighted by Gasteiger charge is -2.05. The van der Waals surface area contributed by atoms with Crippen LogP contribution in [0.2, 0.25) is 0 Å². The molecule has 1 heterocycles. The van der Waals surface area contributed by atoms with Crippen LogP contribution in [-0.2, 0) is 9.53 Å². The van der Waals surface area contributed by atoms with Crippen molar-refractivity contribution >= 4 is 11.9 Å². The summed E-state index contributed by atoms with van der Waals surface area (Å²) in [4.78, 5) is 16.3. The van der Waals surface area contributed by atoms with Gasteiger partial charge in [0, 0.05) is 6.42 Å². The highest BCUT2D eigenvalue weighted by molar-refractivity contribution is 5.98. The molecule has 29 heavy (non-hydrogen) atoms. The summed E-state index contributed by atoms with van der Waals surface area (Å²) in [5.41, 5.74) is 5.49. The second-order valence-corrected chi connectivity index (χ2v) is 9.01. The van der Waals surface area contributed by atoms with Crippen molar-refractivity contribution < 1.29 is 9.53 Å². The lowest BCUT2D eigenvalue weighted by Crippen LogP contribution is -2.17. The van der Waals surface area contributed by atoms with Gasteiger partial charge < -0.3 is 4.74 Å². The summed E-state index contributed by atoms with van der Waals surface area (Å²) in [7, 11) is 0. The fourth-order valence-corrected chi connectivity index (χ4v) is 3.23. The Bertz CT molecular complexity index is 685. The molecule has 3 nitrogen and oxygen atoms in total. The Morgan fingerprint density at radius 3 is 2.14 bits per heavy atom. The summed E-state index contributed by atoms with van der Waals surface area (Å²) in [5, 5.41) is 0. The van der Waals surface area contributed by atoms with E-state index in [0.717, 1.165) is 38.5 Å². The number of rotatable bonds is 12. The SMILES string of the molecule is CC(C)=CCCC(C)=CCCC(C)=CC/C=C(\C)CC1=NC(CC(C)C)C(=O)O1. The zero-order chi connectivity index (χ0) is 21.8. The lowest BCUT2D eigenvalue weighted by atomic mass is 10.0. The van der Waals surface area contributed by atoms with Gasteiger partial charge >= 0.3 is 5.97 Å². The van der Waals surface area contributed by atoms with Gasteiger partial charge in [0.1, 0.15) is 0 Å². The average Bonchev–Trinajstić information content (AvgIpc) is 2.92. The van der Waals surface area contributed by atoms with Gasteiger partial charge in [0.25, 0.3) is 0 Å². The number of carbonyl (C=O) groups is 1. The highest BCUT2D eigenvalue weighted by Gasteiger charge is 2.29. The molecule has 0 fully saturated rings. The molecule has 0 saturated carbocycles. The van der Waals surface area contributed by atoms with Gasteiger partial charge in [0.15, 0.2) is 11.9 Å². The molecule has 0 aromatic carbocycles. The van der Waals surface area contributed by atoms with Crippen LogP contribution in [0.5, 0.6) is 0 Å². The van der Waals surface area contributed by atoms with Gasteiger partial charge in [-0.3, -0.25) is 0 Å². The van der Waals surface area contributed by atoms with Crippen molar-refractivity contribution in [3.63, 3.8) is 0 Å². The van der Waals surface area contributed by atoms with Crippen LogP contribution in [0.3, 0.4) is 0 Å². The lowest BCUT2D eigenvalue weighted by molar-refractivity contribution is -0.135. The van der Waals surface area contributed by atoms with Gasteiger partial charge in [-0.1, -0.05) is 60.4 Å². The molecule has 0 radical (unpaired) electrons. The van der Waals surface area contributed by atoms with Crippen LogP contribution in [0.1, 0.15) is 93.4 Å². The maximum atomic E-state index is 11.9. The summed E-state index contributed by atoms with van der Waals surface area (Å²) in [6.45, 7) is 15.0. The minimum absolute atomic E-state index is 0.193. The molecule has 0 amide bonds. The Balaban J connectivity index is 2.38. The number of hydrogen-bond acceptors (Lipinski definition) is 3. The van der Waals surface area contributed by atoms with Crippen molar-refractivity contribution in [3.8, 4) is 0 Å². The largest absolute Gasteiger partial charge is 0.410 e. The average molecular weight is 400 g/mol. The molecule has 1 rings (SSSR count). The topological polar surface area (TPSA) is 38.7 Å². The zero-order valence-electron chi connectivity index (χ0n) is 19.7. The Morgan fingerprint density at radius 2 is 1.52 bits per heavy atom. The molecule has 1 aliphatic rings. The van der Waals surface area contributed by atoms with Crippen molar-refractivity contribution in [1.29, 1.82) is 0 Å². The summed E-state index contributed by atoms with van der Waals surface area (Å²) < 4.78 is 5.33. The molecule has 0 aliphatic carbocycles. The number of cyclic esters (lactones) is 1. The summed E-state index contributed by atoms with van der Waals surface area (Å²) >= 11 is 0. The van der Waals surface area contributed by atoms with Crippen molar-refractivity contribution in [1.82, 2.24) is 0 Å². The van der Waals surface area contributed by atoms with Crippen LogP contribution in [-0.4, -0.2) is 17.9 Å². The van der Waals surface area contributed by atoms with Gasteiger partial charge in [0.2, 0.25) is 0 Å². The predicted molar refractivity (Wildman–Crippen MR) is 125 cm³/mol. The van der Waals surface area contributed by atoms with Crippen LogP contribution in [0.4, 0.5) is 0 Å². The molecule has 0 saturated heterocycles. The molecular formula is C26H41NO2. The van der Waals surface area contributed by atoms with Crippen LogP contribution in [0, 0.1) is 5.92 Å². The summed E-state index contributed by atoms with van der Waals surface area (Å²) in [6.07, 6.45) is 16.0. The molecule has 1 atom stereocenters. The summed E-state index contributed by atoms with van der Waals surface area (Å²) in [5.74, 6) is 0.821. The summed E-state index contributed by atoms with van der Waals surface area (Å²) in [6, 6.07) is -0.307. The van der Waals surface area contributed by atoms with Gasteiger partial charge in [-0.05, 0) is 79.1 Å². The Hall–Kier alpha value is -1.90. The molecule has 3 heteroatoms. The van der Waals surface area contributed by atoms with E-state index in [4.69, 9.17) is 4.74 Å². The van der Waals surface area contributed by atoms with Gasteiger partial charge in [-0.15, -0.1) is 0 Å². The number of carbonyl (C=O) groups excluding carboxylic acids is 1. The third-order valence-corrected chi connectivity index (χ3v) is 4.97. The Morgan fingerprint density at radius 1 is 0.931 bits per heavy atom. The van der Waals surface area contributed by atoms with Crippen LogP contribution in [0.15, 0.2) is 51.6 Å². The van der Waals surface area contributed by atoms with Crippen molar-refractivity contribution in [2.24, 2.45) is 10.9 Å². The van der Waals surface area contributed by atoms with Crippen molar-refractivity contribution in [3.05, 3.63) is 46.6 Å². The standard InChI is InChI=1S/C26H41NO2/c1-19(2)11-8-12-21(5)13-9-14-22(6)15-10-16-23(7)18-25-27-24(17-20(3)4)26(28)29-25/h11,13,15-16,20,24H,8-10,12,14,17-18H2,1-7H3/b21-13?,22-15?,23-16+. The Kier molecular flexibility index (Phi) is 11.6. The van der Waals surface area contributed by atoms with E-state index in [9.17, 15) is 4.79 Å². The third kappa shape index (κ3) is 11.6. The predicted octanol–water partition coefficient (Wildman–Crippen LogP) is 7.50. The van der Waals surface area contributed by atoms with Crippen LogP contribution < -0.4 is 0 Å². The molecule has 0 bridgehead atoms. The first-order valence-corrected chi connectivity index (χ1v) is 11.1. The first-order valence-electron chi connectivity index (χ1n) is 11.1. The van der Waals surface area contributed by atoms with E-state index in [2.05, 4.69) is 77.8 Å². The van der Waals surface area contributed by atoms with E-state index in [1.54, 1.807) is 0 Å². The number of aliphatic imine (C=N–C) groups is 1. The molecule has 0 N–H and O–H groups in total. The number of nitrogens with zero attached hydrogens (tertiary/aromatic N) is 1. The van der Waals surface area contributed by atoms with E-state index >= 15 is 0 Å². The highest BCUT2D eigenvalue weighted by atomic mass is 16.6. The number of hydrogen-bond donors (Lipinski definition) is 0. The number of allylic oxidation sites excluding steroid dienone is 7. The third-order valence-electron chi connectivity index (χ3n) is 4.97. The molecule has 162 valence electrons. The van der Waals surface area contributed by atoms with Gasteiger partial charge in [0.05, 0.1) is 0 Å². The van der Waals surface area contributed by atoms with E-state index in [-0.39, 0.29) is 12.0 Å². The number of ether oxygens (including phenoxy) is 1. The second-order valence-electron chi connectivity index (χ2n) is 9.01. The second kappa shape index (κ2) is 13.3. The van der Waals surface area contributed by atoms with Crippen molar-refractivity contribution in [2.75, 3.05) is 0 Å². The van der Waals surface area contributed by atoms with Gasteiger partial charge in [-0.25, -0.2) is 9.79 Å². The molecule has 0 spiro atoms. The molecule has 1 aliphatic heterocycles. The minimum atomic E-state index is -0.307. The van der Waals surface area contributed by atoms with E-state index in [0.29, 0.717) is 18.2 Å². The van der Waals surface area contributed by atoms with Crippen LogP contribution in [0.25, 0.3) is 0 Å². The van der Waals surface area contributed by atoms with Gasteiger partial charge in [-0.2, -0.15) is 0 Å². The molecule has 0 aromatic heterocycles. The fraction of sp³-hybridized carbons (Fsp3) is 0.615. The monoisotopic (exact) mass is 399 g/mol. The zero-order valence-corrected chi connectivity index (χ0v) is 19.7. The van der Waals surface area contributed by atoms with E-state index < -0.39 is 0 Å². The minimum Gasteiger partial charge on any atom is -0.410 e. The molecular weight excluding hydrogens is 358 g/mol. The molecule has 1 unspecified atom stereocenters. The smallest absolute Gasteiger partial charge is 0.337 e. The number of esters is 1. The normalized spacial score (nSPS) is 18.2. The highest BCUT2D eigenvalue weighted by Crippen LogP contribution is 2.19. The quantitative estimate of drug-likeness (QED) is 0.252. The first kappa shape index (κ1) is 25.1. The van der Waals surface area contributed by atoms with E-state index in [1.807, 2.05) is 0 Å². The van der Waals surface area contributed by atoms with Crippen LogP contribution >= 0.6 is 0 Å². The Labute approximate surface area is 178 Å². The first-order chi connectivity index (χ1) is 13.7. The maximum Gasteiger partial charge on any atom is 0.337 e. The van der Waals surface area contributed by atoms with E-state index in [1.165, 1.54) is 22.3 Å². The maximum absolute atomic E-state index is 11.9. The fourth-order valence-electron chi connectivity index (χ4n) is 3.23.